The molecule has 0 aliphatic rings. The number of aryl methyl sites for hydroxylation is 1. The molecule has 0 unspecified atom stereocenters. The van der Waals surface area contributed by atoms with Crippen LogP contribution in [0.15, 0.2) is 40.9 Å². The molecule has 18 heavy (non-hydrogen) atoms. The van der Waals surface area contributed by atoms with E-state index in [-0.39, 0.29) is 6.61 Å². The van der Waals surface area contributed by atoms with Gasteiger partial charge in [-0.15, -0.1) is 0 Å². The van der Waals surface area contributed by atoms with Gasteiger partial charge < -0.3 is 0 Å². The third kappa shape index (κ3) is 3.33. The van der Waals surface area contributed by atoms with Crippen LogP contribution in [0.25, 0.3) is 10.8 Å². The second-order valence-corrected chi connectivity index (χ2v) is 5.47. The average Bonchev–Trinajstić information content (AvgIpc) is 2.39. The SMILES string of the molecule is [O]CCCCCCc1cccc2c(Br)cccc12. The third-order valence-electron chi connectivity index (χ3n) is 3.30. The lowest BCUT2D eigenvalue weighted by atomic mass is 9.99. The maximum atomic E-state index is 10.4. The molecule has 0 heterocycles. The van der Waals surface area contributed by atoms with E-state index >= 15 is 0 Å². The molecule has 95 valence electrons. The molecule has 0 bridgehead atoms. The van der Waals surface area contributed by atoms with E-state index in [0.717, 1.165) is 30.2 Å². The van der Waals surface area contributed by atoms with Crippen molar-refractivity contribution in [3.63, 3.8) is 0 Å². The van der Waals surface area contributed by atoms with Crippen LogP contribution >= 0.6 is 15.9 Å². The fourth-order valence-electron chi connectivity index (χ4n) is 2.33. The summed E-state index contributed by atoms with van der Waals surface area (Å²) in [6, 6.07) is 12.9. The van der Waals surface area contributed by atoms with Gasteiger partial charge in [0, 0.05) is 4.47 Å². The van der Waals surface area contributed by atoms with Crippen molar-refractivity contribution in [2.45, 2.75) is 32.1 Å². The summed E-state index contributed by atoms with van der Waals surface area (Å²) in [5.74, 6) is 0. The highest BCUT2D eigenvalue weighted by molar-refractivity contribution is 9.10. The minimum Gasteiger partial charge on any atom is -0.237 e. The quantitative estimate of drug-likeness (QED) is 0.659. The van der Waals surface area contributed by atoms with Crippen molar-refractivity contribution in [1.82, 2.24) is 0 Å². The lowest BCUT2D eigenvalue weighted by Crippen LogP contribution is -1.89. The Kier molecular flexibility index (Phi) is 5.21. The zero-order chi connectivity index (χ0) is 12.8. The first kappa shape index (κ1) is 13.6. The summed E-state index contributed by atoms with van der Waals surface area (Å²) in [4.78, 5) is 0. The number of benzene rings is 2. The molecule has 2 aromatic carbocycles. The molecule has 0 saturated carbocycles. The molecular weight excluding hydrogens is 288 g/mol. The van der Waals surface area contributed by atoms with Crippen LogP contribution in [-0.4, -0.2) is 6.61 Å². The topological polar surface area (TPSA) is 19.9 Å². The van der Waals surface area contributed by atoms with Gasteiger partial charge in [0.1, 0.15) is 0 Å². The van der Waals surface area contributed by atoms with Crippen molar-refractivity contribution in [2.75, 3.05) is 6.61 Å². The van der Waals surface area contributed by atoms with E-state index in [0.29, 0.717) is 0 Å². The molecule has 0 aliphatic carbocycles. The zero-order valence-electron chi connectivity index (χ0n) is 10.5. The smallest absolute Gasteiger partial charge is 0.0822 e. The van der Waals surface area contributed by atoms with E-state index < -0.39 is 0 Å². The number of rotatable bonds is 6. The van der Waals surface area contributed by atoms with Crippen molar-refractivity contribution < 1.29 is 5.11 Å². The van der Waals surface area contributed by atoms with E-state index in [1.54, 1.807) is 0 Å². The molecule has 0 atom stereocenters. The van der Waals surface area contributed by atoms with Crippen molar-refractivity contribution in [2.24, 2.45) is 0 Å². The highest BCUT2D eigenvalue weighted by atomic mass is 79.9. The van der Waals surface area contributed by atoms with Crippen LogP contribution in [0.3, 0.4) is 0 Å². The Morgan fingerprint density at radius 2 is 1.56 bits per heavy atom. The Hall–Kier alpha value is -0.860. The van der Waals surface area contributed by atoms with Crippen LogP contribution in [0.5, 0.6) is 0 Å². The molecule has 1 nitrogen and oxygen atoms in total. The summed E-state index contributed by atoms with van der Waals surface area (Å²) in [6.07, 6.45) is 5.32. The third-order valence-corrected chi connectivity index (χ3v) is 3.99. The fraction of sp³-hybridized carbons (Fsp3) is 0.375. The average molecular weight is 306 g/mol. The Bertz CT molecular complexity index is 507. The van der Waals surface area contributed by atoms with Crippen LogP contribution < -0.4 is 0 Å². The Balaban J connectivity index is 2.07. The molecule has 2 aromatic rings. The van der Waals surface area contributed by atoms with Gasteiger partial charge in [0.15, 0.2) is 0 Å². The monoisotopic (exact) mass is 305 g/mol. The lowest BCUT2D eigenvalue weighted by molar-refractivity contribution is 0.186. The fourth-order valence-corrected chi connectivity index (χ4v) is 2.82. The maximum Gasteiger partial charge on any atom is 0.0822 e. The van der Waals surface area contributed by atoms with Gasteiger partial charge in [-0.25, -0.2) is 5.11 Å². The van der Waals surface area contributed by atoms with Gasteiger partial charge in [-0.1, -0.05) is 59.1 Å². The first-order valence-electron chi connectivity index (χ1n) is 6.57. The second kappa shape index (κ2) is 6.91. The predicted octanol–water partition coefficient (Wildman–Crippen LogP) is 5.14. The molecule has 1 radical (unpaired) electrons. The highest BCUT2D eigenvalue weighted by Gasteiger charge is 2.03. The maximum absolute atomic E-state index is 10.4. The van der Waals surface area contributed by atoms with E-state index in [9.17, 15) is 5.11 Å². The highest BCUT2D eigenvalue weighted by Crippen LogP contribution is 2.27. The van der Waals surface area contributed by atoms with E-state index in [4.69, 9.17) is 0 Å². The summed E-state index contributed by atoms with van der Waals surface area (Å²) >= 11 is 3.60. The Morgan fingerprint density at radius 3 is 2.39 bits per heavy atom. The number of unbranched alkanes of at least 4 members (excludes halogenated alkanes) is 3. The molecule has 0 amide bonds. The largest absolute Gasteiger partial charge is 0.237 e. The Labute approximate surface area is 117 Å². The van der Waals surface area contributed by atoms with Crippen molar-refractivity contribution in [3.05, 3.63) is 46.4 Å². The van der Waals surface area contributed by atoms with Gasteiger partial charge >= 0.3 is 0 Å². The molecule has 0 aromatic heterocycles. The van der Waals surface area contributed by atoms with Gasteiger partial charge in [-0.3, -0.25) is 0 Å². The van der Waals surface area contributed by atoms with Crippen LogP contribution in [0, 0.1) is 0 Å². The Morgan fingerprint density at radius 1 is 0.833 bits per heavy atom. The number of hydrogen-bond donors (Lipinski definition) is 0. The van der Waals surface area contributed by atoms with E-state index in [1.807, 2.05) is 0 Å². The normalized spacial score (nSPS) is 11.0. The molecule has 2 rings (SSSR count). The van der Waals surface area contributed by atoms with Crippen molar-refractivity contribution in [3.8, 4) is 0 Å². The lowest BCUT2D eigenvalue weighted by Gasteiger charge is -2.07. The van der Waals surface area contributed by atoms with Crippen LogP contribution in [0.2, 0.25) is 0 Å². The van der Waals surface area contributed by atoms with Crippen LogP contribution in [0.4, 0.5) is 0 Å². The van der Waals surface area contributed by atoms with Crippen LogP contribution in [0.1, 0.15) is 31.2 Å². The van der Waals surface area contributed by atoms with Gasteiger partial charge in [0.2, 0.25) is 0 Å². The number of fused-ring (bicyclic) bond motifs is 1. The first-order chi connectivity index (χ1) is 8.83. The first-order valence-corrected chi connectivity index (χ1v) is 7.36. The predicted molar refractivity (Wildman–Crippen MR) is 79.4 cm³/mol. The van der Waals surface area contributed by atoms with Crippen LogP contribution in [-0.2, 0) is 11.5 Å². The second-order valence-electron chi connectivity index (χ2n) is 4.62. The number of halogens is 1. The molecule has 0 fully saturated rings. The summed E-state index contributed by atoms with van der Waals surface area (Å²) in [6.45, 7) is 0.0706. The molecule has 0 N–H and O–H groups in total. The van der Waals surface area contributed by atoms with Gasteiger partial charge in [-0.2, -0.15) is 0 Å². The van der Waals surface area contributed by atoms with E-state index in [1.165, 1.54) is 22.8 Å². The van der Waals surface area contributed by atoms with E-state index in [2.05, 4.69) is 52.3 Å². The molecule has 0 spiro atoms. The standard InChI is InChI=1S/C16H18BrO/c17-16-11-6-9-14-13(8-5-10-15(14)16)7-3-1-2-4-12-18/h5-6,8-11H,1-4,7,12H2. The minimum absolute atomic E-state index is 0.0706. The number of hydrogen-bond acceptors (Lipinski definition) is 0. The molecular formula is C16H18BrO. The summed E-state index contributed by atoms with van der Waals surface area (Å²) in [7, 11) is 0. The molecule has 0 saturated heterocycles. The molecule has 2 heteroatoms. The zero-order valence-corrected chi connectivity index (χ0v) is 12.1. The van der Waals surface area contributed by atoms with Gasteiger partial charge in [0.25, 0.3) is 0 Å². The van der Waals surface area contributed by atoms with Crippen molar-refractivity contribution in [1.29, 1.82) is 0 Å². The summed E-state index contributed by atoms with van der Waals surface area (Å²) in [5.41, 5.74) is 1.41. The van der Waals surface area contributed by atoms with Crippen molar-refractivity contribution >= 4 is 26.7 Å². The summed E-state index contributed by atoms with van der Waals surface area (Å²) in [5, 5.41) is 13.0. The van der Waals surface area contributed by atoms with Gasteiger partial charge in [0.05, 0.1) is 6.61 Å². The summed E-state index contributed by atoms with van der Waals surface area (Å²) < 4.78 is 1.16. The van der Waals surface area contributed by atoms with Gasteiger partial charge in [-0.05, 0) is 41.7 Å². The molecule has 0 aliphatic heterocycles. The minimum atomic E-state index is 0.0706.